The highest BCUT2D eigenvalue weighted by molar-refractivity contribution is 6.07. The zero-order chi connectivity index (χ0) is 12.3. The number of aromatic nitrogens is 2. The van der Waals surface area contributed by atoms with Gasteiger partial charge in [-0.3, -0.25) is 14.8 Å². The van der Waals surface area contributed by atoms with Crippen molar-refractivity contribution in [2.75, 3.05) is 12.8 Å². The lowest BCUT2D eigenvalue weighted by Crippen LogP contribution is -2.05. The summed E-state index contributed by atoms with van der Waals surface area (Å²) in [6.07, 6.45) is 4.46. The van der Waals surface area contributed by atoms with E-state index in [4.69, 9.17) is 10.5 Å². The van der Waals surface area contributed by atoms with E-state index in [0.717, 1.165) is 0 Å². The number of nitrogen functional groups attached to an aromatic ring is 1. The Hall–Kier alpha value is -2.43. The van der Waals surface area contributed by atoms with Gasteiger partial charge in [0.1, 0.15) is 11.4 Å². The number of hydrogen-bond acceptors (Lipinski definition) is 5. The smallest absolute Gasteiger partial charge is 0.213 e. The largest absolute Gasteiger partial charge is 0.495 e. The van der Waals surface area contributed by atoms with Crippen molar-refractivity contribution < 1.29 is 9.53 Å². The first-order valence-corrected chi connectivity index (χ1v) is 4.96. The fraction of sp³-hybridized carbons (Fsp3) is 0.0833. The van der Waals surface area contributed by atoms with Crippen LogP contribution in [-0.4, -0.2) is 22.9 Å². The molecule has 5 nitrogen and oxygen atoms in total. The van der Waals surface area contributed by atoms with Crippen molar-refractivity contribution in [3.05, 3.63) is 48.0 Å². The Kier molecular flexibility index (Phi) is 3.00. The van der Waals surface area contributed by atoms with Crippen LogP contribution in [0.3, 0.4) is 0 Å². The number of carbonyl (C=O) groups excluding carboxylic acids is 1. The average Bonchev–Trinajstić information content (AvgIpc) is 2.39. The number of pyridine rings is 2. The monoisotopic (exact) mass is 229 g/mol. The summed E-state index contributed by atoms with van der Waals surface area (Å²) in [7, 11) is 1.52. The maximum Gasteiger partial charge on any atom is 0.213 e. The van der Waals surface area contributed by atoms with Gasteiger partial charge in [0.25, 0.3) is 0 Å². The van der Waals surface area contributed by atoms with Gasteiger partial charge < -0.3 is 10.5 Å². The lowest BCUT2D eigenvalue weighted by Gasteiger charge is -2.03. The molecular weight excluding hydrogens is 218 g/mol. The lowest BCUT2D eigenvalue weighted by molar-refractivity contribution is 0.103. The van der Waals surface area contributed by atoms with Crippen LogP contribution < -0.4 is 10.5 Å². The molecule has 0 amide bonds. The molecule has 0 bridgehead atoms. The minimum absolute atomic E-state index is 0.212. The molecule has 5 heteroatoms. The highest BCUT2D eigenvalue weighted by Crippen LogP contribution is 2.14. The molecule has 0 radical (unpaired) electrons. The number of carbonyl (C=O) groups is 1. The van der Waals surface area contributed by atoms with Gasteiger partial charge in [-0.05, 0) is 18.2 Å². The maximum absolute atomic E-state index is 12.0. The number of nitrogens with two attached hydrogens (primary N) is 1. The molecule has 2 aromatic rings. The number of ketones is 1. The SMILES string of the molecule is COc1cncc(C(=O)c2ccc(N)cn2)c1. The molecule has 0 saturated heterocycles. The molecule has 17 heavy (non-hydrogen) atoms. The fourth-order valence-electron chi connectivity index (χ4n) is 1.34. The highest BCUT2D eigenvalue weighted by atomic mass is 16.5. The van der Waals surface area contributed by atoms with E-state index in [1.165, 1.54) is 25.7 Å². The number of rotatable bonds is 3. The predicted octanol–water partition coefficient (Wildman–Crippen LogP) is 1.30. The second-order valence-electron chi connectivity index (χ2n) is 3.42. The van der Waals surface area contributed by atoms with Crippen LogP contribution in [0.4, 0.5) is 5.69 Å². The summed E-state index contributed by atoms with van der Waals surface area (Å²) in [5.74, 6) is 0.322. The van der Waals surface area contributed by atoms with Crippen LogP contribution in [0.1, 0.15) is 16.1 Å². The summed E-state index contributed by atoms with van der Waals surface area (Å²) in [5, 5.41) is 0. The van der Waals surface area contributed by atoms with Crippen molar-refractivity contribution in [1.29, 1.82) is 0 Å². The van der Waals surface area contributed by atoms with Crippen LogP contribution >= 0.6 is 0 Å². The first kappa shape index (κ1) is 11.1. The van der Waals surface area contributed by atoms with Crippen LogP contribution in [0, 0.1) is 0 Å². The molecule has 0 aliphatic carbocycles. The Morgan fingerprint density at radius 1 is 1.29 bits per heavy atom. The predicted molar refractivity (Wildman–Crippen MR) is 62.9 cm³/mol. The van der Waals surface area contributed by atoms with E-state index in [0.29, 0.717) is 22.7 Å². The van der Waals surface area contributed by atoms with Gasteiger partial charge in [0, 0.05) is 11.8 Å². The second kappa shape index (κ2) is 4.61. The van der Waals surface area contributed by atoms with Crippen LogP contribution in [-0.2, 0) is 0 Å². The van der Waals surface area contributed by atoms with Gasteiger partial charge in [-0.15, -0.1) is 0 Å². The molecular formula is C12H11N3O2. The Morgan fingerprint density at radius 3 is 2.76 bits per heavy atom. The molecule has 0 fully saturated rings. The first-order chi connectivity index (χ1) is 8.20. The maximum atomic E-state index is 12.0. The molecule has 0 aliphatic heterocycles. The van der Waals surface area contributed by atoms with Crippen molar-refractivity contribution in [3.63, 3.8) is 0 Å². The van der Waals surface area contributed by atoms with E-state index in [1.807, 2.05) is 0 Å². The van der Waals surface area contributed by atoms with E-state index < -0.39 is 0 Å². The highest BCUT2D eigenvalue weighted by Gasteiger charge is 2.11. The molecule has 0 spiro atoms. The van der Waals surface area contributed by atoms with Crippen molar-refractivity contribution in [2.24, 2.45) is 0 Å². The molecule has 0 unspecified atom stereocenters. The van der Waals surface area contributed by atoms with Crippen molar-refractivity contribution in [2.45, 2.75) is 0 Å². The van der Waals surface area contributed by atoms with Gasteiger partial charge in [-0.1, -0.05) is 0 Å². The Bertz CT molecular complexity index is 538. The molecule has 2 heterocycles. The minimum Gasteiger partial charge on any atom is -0.495 e. The van der Waals surface area contributed by atoms with Gasteiger partial charge >= 0.3 is 0 Å². The van der Waals surface area contributed by atoms with Gasteiger partial charge in [-0.25, -0.2) is 0 Å². The average molecular weight is 229 g/mol. The number of nitrogens with zero attached hydrogens (tertiary/aromatic N) is 2. The topological polar surface area (TPSA) is 78.1 Å². The molecule has 2 aromatic heterocycles. The quantitative estimate of drug-likeness (QED) is 0.802. The normalized spacial score (nSPS) is 9.94. The first-order valence-electron chi connectivity index (χ1n) is 4.96. The summed E-state index contributed by atoms with van der Waals surface area (Å²) in [4.78, 5) is 19.9. The van der Waals surface area contributed by atoms with Crippen LogP contribution in [0.2, 0.25) is 0 Å². The molecule has 86 valence electrons. The zero-order valence-electron chi connectivity index (χ0n) is 9.25. The van der Waals surface area contributed by atoms with Crippen LogP contribution in [0.5, 0.6) is 5.75 Å². The van der Waals surface area contributed by atoms with Crippen molar-refractivity contribution in [3.8, 4) is 5.75 Å². The van der Waals surface area contributed by atoms with Gasteiger partial charge in [0.2, 0.25) is 5.78 Å². The lowest BCUT2D eigenvalue weighted by atomic mass is 10.1. The van der Waals surface area contributed by atoms with E-state index in [-0.39, 0.29) is 5.78 Å². The number of hydrogen-bond donors (Lipinski definition) is 1. The summed E-state index contributed by atoms with van der Waals surface area (Å²) in [6.45, 7) is 0. The molecule has 2 N–H and O–H groups in total. The van der Waals surface area contributed by atoms with Gasteiger partial charge in [0.15, 0.2) is 0 Å². The summed E-state index contributed by atoms with van der Waals surface area (Å²) >= 11 is 0. The summed E-state index contributed by atoms with van der Waals surface area (Å²) in [6, 6.07) is 4.83. The van der Waals surface area contributed by atoms with E-state index in [1.54, 1.807) is 18.2 Å². The van der Waals surface area contributed by atoms with Crippen LogP contribution in [0.25, 0.3) is 0 Å². The number of anilines is 1. The Morgan fingerprint density at radius 2 is 2.12 bits per heavy atom. The zero-order valence-corrected chi connectivity index (χ0v) is 9.25. The van der Waals surface area contributed by atoms with Crippen molar-refractivity contribution >= 4 is 11.5 Å². The van der Waals surface area contributed by atoms with Gasteiger partial charge in [-0.2, -0.15) is 0 Å². The van der Waals surface area contributed by atoms with Crippen LogP contribution in [0.15, 0.2) is 36.8 Å². The Balaban J connectivity index is 2.33. The molecule has 0 aromatic carbocycles. The third-order valence-electron chi connectivity index (χ3n) is 2.23. The second-order valence-corrected chi connectivity index (χ2v) is 3.42. The minimum atomic E-state index is -0.212. The number of ether oxygens (including phenoxy) is 1. The van der Waals surface area contributed by atoms with E-state index in [2.05, 4.69) is 9.97 Å². The summed E-state index contributed by atoms with van der Waals surface area (Å²) in [5.41, 5.74) is 6.78. The molecule has 0 atom stereocenters. The third-order valence-corrected chi connectivity index (χ3v) is 2.23. The van der Waals surface area contributed by atoms with Gasteiger partial charge in [0.05, 0.1) is 25.2 Å². The summed E-state index contributed by atoms with van der Waals surface area (Å²) < 4.78 is 5.00. The van der Waals surface area contributed by atoms with E-state index in [9.17, 15) is 4.79 Å². The number of methoxy groups -OCH3 is 1. The van der Waals surface area contributed by atoms with Crippen molar-refractivity contribution in [1.82, 2.24) is 9.97 Å². The molecule has 0 aliphatic rings. The molecule has 2 rings (SSSR count). The fourth-order valence-corrected chi connectivity index (χ4v) is 1.34. The standard InChI is InChI=1S/C12H11N3O2/c1-17-10-4-8(5-14-7-10)12(16)11-3-2-9(13)6-15-11/h2-7H,13H2,1H3. The Labute approximate surface area is 98.3 Å². The van der Waals surface area contributed by atoms with E-state index >= 15 is 0 Å². The third kappa shape index (κ3) is 2.39. The molecule has 0 saturated carbocycles.